The molecule has 2 aromatic carbocycles. The highest BCUT2D eigenvalue weighted by atomic mass is 79.9. The van der Waals surface area contributed by atoms with Gasteiger partial charge in [0.15, 0.2) is 6.23 Å². The predicted octanol–water partition coefficient (Wildman–Crippen LogP) is 6.01. The van der Waals surface area contributed by atoms with E-state index < -0.39 is 11.6 Å². The Morgan fingerprint density at radius 3 is 2.69 bits per heavy atom. The first kappa shape index (κ1) is 25.2. The molecular formula is C25H24BrFN4O3S. The summed E-state index contributed by atoms with van der Waals surface area (Å²) in [4.78, 5) is 26.7. The van der Waals surface area contributed by atoms with E-state index in [0.717, 1.165) is 28.3 Å². The second kappa shape index (κ2) is 11.2. The zero-order valence-corrected chi connectivity index (χ0v) is 21.6. The zero-order valence-electron chi connectivity index (χ0n) is 19.2. The summed E-state index contributed by atoms with van der Waals surface area (Å²) < 4.78 is 22.1. The third-order valence-corrected chi connectivity index (χ3v) is 6.78. The van der Waals surface area contributed by atoms with Crippen LogP contribution in [0.3, 0.4) is 0 Å². The SMILES string of the molecule is CC/C=C/NC(=O)SC(C)N1C(=O)COC1c1cn(-c2ccc(Br)cc2)nc1-c1ccc(F)cc1. The van der Waals surface area contributed by atoms with E-state index >= 15 is 0 Å². The van der Waals surface area contributed by atoms with Crippen LogP contribution >= 0.6 is 27.7 Å². The molecule has 35 heavy (non-hydrogen) atoms. The molecule has 10 heteroatoms. The van der Waals surface area contributed by atoms with Gasteiger partial charge in [0.25, 0.3) is 11.1 Å². The molecule has 7 nitrogen and oxygen atoms in total. The number of hydrogen-bond donors (Lipinski definition) is 1. The monoisotopic (exact) mass is 558 g/mol. The van der Waals surface area contributed by atoms with Crippen molar-refractivity contribution in [2.75, 3.05) is 6.61 Å². The van der Waals surface area contributed by atoms with E-state index in [1.54, 1.807) is 41.0 Å². The van der Waals surface area contributed by atoms with E-state index in [4.69, 9.17) is 9.84 Å². The molecule has 182 valence electrons. The Kier molecular flexibility index (Phi) is 8.04. The number of carbonyl (C=O) groups is 2. The molecular weight excluding hydrogens is 535 g/mol. The van der Waals surface area contributed by atoms with E-state index in [2.05, 4.69) is 21.2 Å². The van der Waals surface area contributed by atoms with Crippen LogP contribution < -0.4 is 5.32 Å². The fourth-order valence-electron chi connectivity index (χ4n) is 3.69. The Bertz CT molecular complexity index is 1230. The third-order valence-electron chi connectivity index (χ3n) is 5.35. The van der Waals surface area contributed by atoms with Gasteiger partial charge in [0, 0.05) is 28.0 Å². The number of nitrogens with zero attached hydrogens (tertiary/aromatic N) is 3. The number of benzene rings is 2. The van der Waals surface area contributed by atoms with Crippen molar-refractivity contribution in [2.45, 2.75) is 31.9 Å². The van der Waals surface area contributed by atoms with Gasteiger partial charge in [-0.3, -0.25) is 14.5 Å². The lowest BCUT2D eigenvalue weighted by atomic mass is 10.1. The molecule has 4 rings (SSSR count). The van der Waals surface area contributed by atoms with Crippen molar-refractivity contribution in [3.63, 3.8) is 0 Å². The second-order valence-corrected chi connectivity index (χ2v) is 9.99. The summed E-state index contributed by atoms with van der Waals surface area (Å²) >= 11 is 4.44. The van der Waals surface area contributed by atoms with Gasteiger partial charge < -0.3 is 10.1 Å². The van der Waals surface area contributed by atoms with Crippen LogP contribution in [0.2, 0.25) is 0 Å². The van der Waals surface area contributed by atoms with Crippen LogP contribution in [-0.2, 0) is 9.53 Å². The Hall–Kier alpha value is -2.95. The molecule has 1 aliphatic rings. The highest BCUT2D eigenvalue weighted by molar-refractivity contribution is 9.10. The van der Waals surface area contributed by atoms with E-state index in [-0.39, 0.29) is 23.6 Å². The van der Waals surface area contributed by atoms with Crippen molar-refractivity contribution in [1.29, 1.82) is 0 Å². The lowest BCUT2D eigenvalue weighted by Crippen LogP contribution is -2.36. The largest absolute Gasteiger partial charge is 0.344 e. The van der Waals surface area contributed by atoms with Crippen molar-refractivity contribution in [3.05, 3.63) is 82.9 Å². The molecule has 0 bridgehead atoms. The van der Waals surface area contributed by atoms with Gasteiger partial charge in [-0.15, -0.1) is 0 Å². The topological polar surface area (TPSA) is 76.5 Å². The number of allylic oxidation sites excluding steroid dienone is 1. The van der Waals surface area contributed by atoms with Crippen LogP contribution in [0, 0.1) is 5.82 Å². The third kappa shape index (κ3) is 5.83. The molecule has 2 amide bonds. The van der Waals surface area contributed by atoms with Gasteiger partial charge in [-0.1, -0.05) is 28.9 Å². The number of rotatable bonds is 7. The van der Waals surface area contributed by atoms with Gasteiger partial charge in [-0.25, -0.2) is 9.07 Å². The van der Waals surface area contributed by atoms with Gasteiger partial charge >= 0.3 is 0 Å². The Morgan fingerprint density at radius 1 is 1.29 bits per heavy atom. The van der Waals surface area contributed by atoms with Gasteiger partial charge in [0.1, 0.15) is 18.1 Å². The summed E-state index contributed by atoms with van der Waals surface area (Å²) in [5, 5.41) is 6.67. The van der Waals surface area contributed by atoms with E-state index in [0.29, 0.717) is 16.8 Å². The maximum Gasteiger partial charge on any atom is 0.284 e. The van der Waals surface area contributed by atoms with Crippen LogP contribution in [0.5, 0.6) is 0 Å². The highest BCUT2D eigenvalue weighted by Crippen LogP contribution is 2.38. The highest BCUT2D eigenvalue weighted by Gasteiger charge is 2.40. The molecule has 2 atom stereocenters. The molecule has 1 aliphatic heterocycles. The number of amides is 2. The summed E-state index contributed by atoms with van der Waals surface area (Å²) in [5.41, 5.74) is 2.69. The molecule has 1 N–H and O–H groups in total. The molecule has 3 aromatic rings. The van der Waals surface area contributed by atoms with E-state index in [1.807, 2.05) is 37.3 Å². The Labute approximate surface area is 215 Å². The van der Waals surface area contributed by atoms with Gasteiger partial charge in [0.05, 0.1) is 11.1 Å². The average molecular weight is 559 g/mol. The summed E-state index contributed by atoms with van der Waals surface area (Å²) in [6.45, 7) is 3.64. The molecule has 0 aliphatic carbocycles. The molecule has 0 saturated carbocycles. The molecule has 0 radical (unpaired) electrons. The molecule has 0 spiro atoms. The van der Waals surface area contributed by atoms with Crippen molar-refractivity contribution in [3.8, 4) is 16.9 Å². The van der Waals surface area contributed by atoms with E-state index in [9.17, 15) is 14.0 Å². The Morgan fingerprint density at radius 2 is 2.00 bits per heavy atom. The fraction of sp³-hybridized carbons (Fsp3) is 0.240. The number of hydrogen-bond acceptors (Lipinski definition) is 5. The Balaban J connectivity index is 1.69. The number of halogens is 2. The summed E-state index contributed by atoms with van der Waals surface area (Å²) in [5.74, 6) is -0.585. The predicted molar refractivity (Wildman–Crippen MR) is 137 cm³/mol. The molecule has 1 aromatic heterocycles. The van der Waals surface area contributed by atoms with E-state index in [1.165, 1.54) is 12.1 Å². The van der Waals surface area contributed by atoms with Gasteiger partial charge in [0.2, 0.25) is 0 Å². The molecule has 1 fully saturated rings. The fourth-order valence-corrected chi connectivity index (χ4v) is 4.74. The first-order valence-electron chi connectivity index (χ1n) is 11.0. The summed E-state index contributed by atoms with van der Waals surface area (Å²) in [7, 11) is 0. The zero-order chi connectivity index (χ0) is 24.9. The van der Waals surface area contributed by atoms with Crippen LogP contribution in [0.4, 0.5) is 9.18 Å². The van der Waals surface area contributed by atoms with Gasteiger partial charge in [-0.05, 0) is 73.6 Å². The molecule has 2 unspecified atom stereocenters. The first-order valence-corrected chi connectivity index (χ1v) is 12.7. The standard InChI is InChI=1S/C25H24BrFN4O3S/c1-3-4-13-28-25(33)35-16(2)31-22(32)15-34-24(31)21-14-30(20-11-7-18(26)8-12-20)29-23(21)17-5-9-19(27)10-6-17/h4-14,16,24H,3,15H2,1-2H3,(H,28,33)/b13-4+. The smallest absolute Gasteiger partial charge is 0.284 e. The van der Waals surface area contributed by atoms with Crippen LogP contribution in [0.15, 0.2) is 71.5 Å². The maximum absolute atomic E-state index is 13.6. The lowest BCUT2D eigenvalue weighted by molar-refractivity contribution is -0.128. The minimum absolute atomic E-state index is 0.112. The number of aromatic nitrogens is 2. The summed E-state index contributed by atoms with van der Waals surface area (Å²) in [6.07, 6.45) is 5.28. The minimum Gasteiger partial charge on any atom is -0.344 e. The average Bonchev–Trinajstić information content (AvgIpc) is 3.44. The van der Waals surface area contributed by atoms with Crippen molar-refractivity contribution < 1.29 is 18.7 Å². The van der Waals surface area contributed by atoms with Crippen LogP contribution in [-0.4, -0.2) is 37.8 Å². The quantitative estimate of drug-likeness (QED) is 0.384. The normalized spacial score (nSPS) is 16.7. The summed E-state index contributed by atoms with van der Waals surface area (Å²) in [6, 6.07) is 13.6. The maximum atomic E-state index is 13.6. The molecule has 1 saturated heterocycles. The van der Waals surface area contributed by atoms with Crippen molar-refractivity contribution >= 4 is 38.8 Å². The number of ether oxygens (including phenoxy) is 1. The van der Waals surface area contributed by atoms with Crippen molar-refractivity contribution in [1.82, 2.24) is 20.0 Å². The van der Waals surface area contributed by atoms with Gasteiger partial charge in [-0.2, -0.15) is 5.10 Å². The van der Waals surface area contributed by atoms with Crippen LogP contribution in [0.1, 0.15) is 32.1 Å². The second-order valence-electron chi connectivity index (χ2n) is 7.78. The number of nitrogens with one attached hydrogen (secondary N) is 1. The molecule has 2 heterocycles. The number of thioether (sulfide) groups is 1. The lowest BCUT2D eigenvalue weighted by Gasteiger charge is -2.28. The van der Waals surface area contributed by atoms with Crippen LogP contribution in [0.25, 0.3) is 16.9 Å². The number of carbonyl (C=O) groups excluding carboxylic acids is 2. The first-order chi connectivity index (χ1) is 16.9. The van der Waals surface area contributed by atoms with Crippen molar-refractivity contribution in [2.24, 2.45) is 0 Å². The minimum atomic E-state index is -0.756.